The topological polar surface area (TPSA) is 58.9 Å². The van der Waals surface area contributed by atoms with Gasteiger partial charge in [-0.15, -0.1) is 0 Å². The van der Waals surface area contributed by atoms with Crippen molar-refractivity contribution < 1.29 is 19.7 Å². The molecule has 0 aromatic heterocycles. The number of rotatable bonds is 3. The first-order valence-corrected chi connectivity index (χ1v) is 3.77. The van der Waals surface area contributed by atoms with Crippen molar-refractivity contribution in [3.8, 4) is 11.5 Å². The highest BCUT2D eigenvalue weighted by Crippen LogP contribution is 2.33. The van der Waals surface area contributed by atoms with Gasteiger partial charge in [-0.05, 0) is 12.1 Å². The zero-order chi connectivity index (χ0) is 9.84. The van der Waals surface area contributed by atoms with Crippen molar-refractivity contribution in [2.45, 2.75) is 6.29 Å². The number of ether oxygens (including phenoxy) is 2. The highest BCUT2D eigenvalue weighted by molar-refractivity contribution is 5.44. The van der Waals surface area contributed by atoms with E-state index in [9.17, 15) is 10.2 Å². The Kier molecular flexibility index (Phi) is 3.11. The summed E-state index contributed by atoms with van der Waals surface area (Å²) >= 11 is 0. The lowest BCUT2D eigenvalue weighted by molar-refractivity contribution is -0.107. The van der Waals surface area contributed by atoms with Crippen LogP contribution >= 0.6 is 0 Å². The molecule has 0 aliphatic rings. The highest BCUT2D eigenvalue weighted by Gasteiger charge is 2.15. The van der Waals surface area contributed by atoms with Gasteiger partial charge in [0.15, 0.2) is 17.8 Å². The molecule has 0 aliphatic heterocycles. The Labute approximate surface area is 76.3 Å². The lowest BCUT2D eigenvalue weighted by Gasteiger charge is -2.15. The molecule has 0 atom stereocenters. The number of benzene rings is 1. The van der Waals surface area contributed by atoms with E-state index < -0.39 is 6.29 Å². The van der Waals surface area contributed by atoms with E-state index in [0.29, 0.717) is 5.56 Å². The van der Waals surface area contributed by atoms with Gasteiger partial charge in [-0.2, -0.15) is 0 Å². The Balaban J connectivity index is 3.05. The quantitative estimate of drug-likeness (QED) is 0.550. The molecule has 1 rings (SSSR count). The van der Waals surface area contributed by atoms with E-state index in [4.69, 9.17) is 9.47 Å². The molecule has 0 saturated carbocycles. The van der Waals surface area contributed by atoms with Gasteiger partial charge in [0.1, 0.15) is 0 Å². The molecule has 0 radical (unpaired) electrons. The molecule has 0 bridgehead atoms. The molecule has 4 heteroatoms. The molecule has 4 nitrogen and oxygen atoms in total. The van der Waals surface area contributed by atoms with Gasteiger partial charge >= 0.3 is 0 Å². The molecule has 13 heavy (non-hydrogen) atoms. The van der Waals surface area contributed by atoms with Crippen LogP contribution in [0.15, 0.2) is 18.2 Å². The molecule has 0 spiro atoms. The van der Waals surface area contributed by atoms with Gasteiger partial charge < -0.3 is 19.7 Å². The summed E-state index contributed by atoms with van der Waals surface area (Å²) in [6.45, 7) is 0. The lowest BCUT2D eigenvalue weighted by Crippen LogP contribution is -2.03. The number of phenols is 2. The van der Waals surface area contributed by atoms with Crippen LogP contribution in [0.2, 0.25) is 0 Å². The van der Waals surface area contributed by atoms with Crippen molar-refractivity contribution in [3.05, 3.63) is 23.8 Å². The number of hydrogen-bond acceptors (Lipinski definition) is 4. The molecular formula is C9H12O4. The molecule has 0 amide bonds. The van der Waals surface area contributed by atoms with Crippen LogP contribution in [0.3, 0.4) is 0 Å². The monoisotopic (exact) mass is 184 g/mol. The van der Waals surface area contributed by atoms with Gasteiger partial charge in [0.05, 0.1) is 5.56 Å². The summed E-state index contributed by atoms with van der Waals surface area (Å²) < 4.78 is 9.86. The van der Waals surface area contributed by atoms with Gasteiger partial charge in [0.2, 0.25) is 0 Å². The molecule has 72 valence electrons. The minimum Gasteiger partial charge on any atom is -0.504 e. The summed E-state index contributed by atoms with van der Waals surface area (Å²) in [5.74, 6) is -0.396. The maximum Gasteiger partial charge on any atom is 0.186 e. The minimum absolute atomic E-state index is 0.184. The minimum atomic E-state index is -0.660. The van der Waals surface area contributed by atoms with E-state index in [0.717, 1.165) is 0 Å². The first kappa shape index (κ1) is 9.83. The summed E-state index contributed by atoms with van der Waals surface area (Å²) in [6.07, 6.45) is -0.660. The Morgan fingerprint density at radius 3 is 2.31 bits per heavy atom. The second kappa shape index (κ2) is 4.11. The fraction of sp³-hybridized carbons (Fsp3) is 0.333. The molecule has 1 aromatic carbocycles. The Hall–Kier alpha value is -1.26. The van der Waals surface area contributed by atoms with Crippen LogP contribution in [0.4, 0.5) is 0 Å². The maximum absolute atomic E-state index is 9.42. The number of phenolic OH excluding ortho intramolecular Hbond substituents is 2. The Morgan fingerprint density at radius 1 is 1.15 bits per heavy atom. The second-order valence-corrected chi connectivity index (χ2v) is 2.52. The molecule has 0 aliphatic carbocycles. The average Bonchev–Trinajstić information content (AvgIpc) is 2.14. The van der Waals surface area contributed by atoms with Crippen LogP contribution in [0.1, 0.15) is 11.9 Å². The summed E-state index contributed by atoms with van der Waals surface area (Å²) in [4.78, 5) is 0. The Morgan fingerprint density at radius 2 is 1.77 bits per heavy atom. The predicted molar refractivity (Wildman–Crippen MR) is 46.5 cm³/mol. The smallest absolute Gasteiger partial charge is 0.186 e. The molecule has 2 N–H and O–H groups in total. The van der Waals surface area contributed by atoms with E-state index in [2.05, 4.69) is 0 Å². The van der Waals surface area contributed by atoms with Gasteiger partial charge in [-0.3, -0.25) is 0 Å². The number of methoxy groups -OCH3 is 2. The molecule has 0 unspecified atom stereocenters. The first-order valence-electron chi connectivity index (χ1n) is 3.77. The molecule has 1 aromatic rings. The number of aromatic hydroxyl groups is 2. The molecule has 0 saturated heterocycles. The van der Waals surface area contributed by atoms with Crippen LogP contribution in [-0.2, 0) is 9.47 Å². The summed E-state index contributed by atoms with van der Waals surface area (Å²) in [5.41, 5.74) is 0.407. The van der Waals surface area contributed by atoms with E-state index in [1.165, 1.54) is 20.3 Å². The molecule has 0 fully saturated rings. The average molecular weight is 184 g/mol. The number of hydrogen-bond donors (Lipinski definition) is 2. The van der Waals surface area contributed by atoms with Gasteiger partial charge in [-0.1, -0.05) is 6.07 Å². The van der Waals surface area contributed by atoms with Crippen molar-refractivity contribution in [2.24, 2.45) is 0 Å². The highest BCUT2D eigenvalue weighted by atomic mass is 16.7. The lowest BCUT2D eigenvalue weighted by atomic mass is 10.2. The van der Waals surface area contributed by atoms with E-state index >= 15 is 0 Å². The van der Waals surface area contributed by atoms with Crippen LogP contribution < -0.4 is 0 Å². The fourth-order valence-electron chi connectivity index (χ4n) is 1.09. The van der Waals surface area contributed by atoms with Crippen molar-refractivity contribution in [1.82, 2.24) is 0 Å². The standard InChI is InChI=1S/C9H12O4/c1-12-9(13-2)6-4-3-5-7(10)8(6)11/h3-5,9-11H,1-2H3. The van der Waals surface area contributed by atoms with E-state index in [1.807, 2.05) is 0 Å². The third kappa shape index (κ3) is 1.91. The van der Waals surface area contributed by atoms with Gasteiger partial charge in [0.25, 0.3) is 0 Å². The maximum atomic E-state index is 9.42. The van der Waals surface area contributed by atoms with Crippen LogP contribution in [0, 0.1) is 0 Å². The Bertz CT molecular complexity index is 281. The second-order valence-electron chi connectivity index (χ2n) is 2.52. The molecule has 0 heterocycles. The van der Waals surface area contributed by atoms with Crippen LogP contribution in [0.5, 0.6) is 11.5 Å². The first-order chi connectivity index (χ1) is 6.20. The van der Waals surface area contributed by atoms with Crippen molar-refractivity contribution in [1.29, 1.82) is 0 Å². The van der Waals surface area contributed by atoms with Crippen LogP contribution in [-0.4, -0.2) is 24.4 Å². The predicted octanol–water partition coefficient (Wildman–Crippen LogP) is 1.39. The number of para-hydroxylation sites is 1. The SMILES string of the molecule is COC(OC)c1cccc(O)c1O. The van der Waals surface area contributed by atoms with E-state index in [-0.39, 0.29) is 11.5 Å². The summed E-state index contributed by atoms with van der Waals surface area (Å²) in [6, 6.07) is 4.61. The zero-order valence-corrected chi connectivity index (χ0v) is 7.52. The fourth-order valence-corrected chi connectivity index (χ4v) is 1.09. The zero-order valence-electron chi connectivity index (χ0n) is 7.52. The van der Waals surface area contributed by atoms with Crippen molar-refractivity contribution in [2.75, 3.05) is 14.2 Å². The van der Waals surface area contributed by atoms with Gasteiger partial charge in [-0.25, -0.2) is 0 Å². The molecular weight excluding hydrogens is 172 g/mol. The normalized spacial score (nSPS) is 10.7. The van der Waals surface area contributed by atoms with Crippen LogP contribution in [0.25, 0.3) is 0 Å². The largest absolute Gasteiger partial charge is 0.504 e. The van der Waals surface area contributed by atoms with Crippen molar-refractivity contribution in [3.63, 3.8) is 0 Å². The summed E-state index contributed by atoms with van der Waals surface area (Å²) in [5, 5.41) is 18.6. The third-order valence-electron chi connectivity index (χ3n) is 1.73. The third-order valence-corrected chi connectivity index (χ3v) is 1.73. The van der Waals surface area contributed by atoms with E-state index in [1.54, 1.807) is 12.1 Å². The van der Waals surface area contributed by atoms with Gasteiger partial charge in [0, 0.05) is 14.2 Å². The van der Waals surface area contributed by atoms with Crippen molar-refractivity contribution >= 4 is 0 Å². The summed E-state index contributed by atoms with van der Waals surface area (Å²) in [7, 11) is 2.91.